The third kappa shape index (κ3) is 5.60. The molecule has 0 unspecified atom stereocenters. The third-order valence-electron chi connectivity index (χ3n) is 3.46. The van der Waals surface area contributed by atoms with Gasteiger partial charge in [0.2, 0.25) is 0 Å². The highest BCUT2D eigenvalue weighted by Gasteiger charge is 2.14. The van der Waals surface area contributed by atoms with E-state index in [1.54, 1.807) is 0 Å². The maximum Gasteiger partial charge on any atom is 0.140 e. The zero-order valence-electron chi connectivity index (χ0n) is 12.8. The standard InChI is InChI=1S/C16H28N2O/c1-5-14-15(9-8-13(2)18-14)19-11-7-6-10-16(3,4)12-17/h8-9H,5-7,10-12,17H2,1-4H3. The summed E-state index contributed by atoms with van der Waals surface area (Å²) in [5, 5.41) is 0. The van der Waals surface area contributed by atoms with E-state index in [2.05, 4.69) is 25.8 Å². The molecular formula is C16H28N2O. The average Bonchev–Trinajstić information content (AvgIpc) is 2.39. The van der Waals surface area contributed by atoms with Crippen molar-refractivity contribution in [3.8, 4) is 5.75 Å². The van der Waals surface area contributed by atoms with E-state index in [0.29, 0.717) is 0 Å². The first kappa shape index (κ1) is 16.0. The zero-order valence-corrected chi connectivity index (χ0v) is 12.8. The summed E-state index contributed by atoms with van der Waals surface area (Å²) in [7, 11) is 0. The second-order valence-corrected chi connectivity index (χ2v) is 5.92. The number of ether oxygens (including phenoxy) is 1. The minimum absolute atomic E-state index is 0.250. The van der Waals surface area contributed by atoms with Crippen LogP contribution in [0.3, 0.4) is 0 Å². The Kier molecular flexibility index (Phi) is 6.29. The Morgan fingerprint density at radius 2 is 2.00 bits per heavy atom. The molecule has 1 aromatic rings. The number of unbranched alkanes of at least 4 members (excludes halogenated alkanes) is 1. The first-order valence-electron chi connectivity index (χ1n) is 7.28. The van der Waals surface area contributed by atoms with E-state index in [0.717, 1.165) is 56.0 Å². The van der Waals surface area contributed by atoms with Gasteiger partial charge in [-0.15, -0.1) is 0 Å². The van der Waals surface area contributed by atoms with Crippen molar-refractivity contribution in [3.05, 3.63) is 23.5 Å². The molecule has 1 heterocycles. The van der Waals surface area contributed by atoms with Gasteiger partial charge in [-0.2, -0.15) is 0 Å². The summed E-state index contributed by atoms with van der Waals surface area (Å²) < 4.78 is 5.84. The Labute approximate surface area is 117 Å². The van der Waals surface area contributed by atoms with Crippen LogP contribution >= 0.6 is 0 Å². The van der Waals surface area contributed by atoms with Gasteiger partial charge in [0.15, 0.2) is 0 Å². The molecule has 0 fully saturated rings. The molecule has 0 saturated carbocycles. The topological polar surface area (TPSA) is 48.1 Å². The summed E-state index contributed by atoms with van der Waals surface area (Å²) in [5.74, 6) is 0.936. The van der Waals surface area contributed by atoms with E-state index in [4.69, 9.17) is 10.5 Å². The lowest BCUT2D eigenvalue weighted by atomic mass is 9.87. The first-order chi connectivity index (χ1) is 8.98. The molecular weight excluding hydrogens is 236 g/mol. The Hall–Kier alpha value is -1.09. The van der Waals surface area contributed by atoms with E-state index in [-0.39, 0.29) is 5.41 Å². The molecule has 0 aliphatic heterocycles. The number of nitrogens with two attached hydrogens (primary N) is 1. The largest absolute Gasteiger partial charge is 0.492 e. The van der Waals surface area contributed by atoms with Crippen molar-refractivity contribution in [2.24, 2.45) is 11.1 Å². The normalized spacial score (nSPS) is 11.6. The summed E-state index contributed by atoms with van der Waals surface area (Å²) in [6.07, 6.45) is 4.29. The maximum absolute atomic E-state index is 5.84. The summed E-state index contributed by atoms with van der Waals surface area (Å²) in [4.78, 5) is 4.50. The molecule has 3 nitrogen and oxygen atoms in total. The lowest BCUT2D eigenvalue weighted by Gasteiger charge is -2.21. The number of rotatable bonds is 8. The molecule has 108 valence electrons. The summed E-state index contributed by atoms with van der Waals surface area (Å²) in [6, 6.07) is 4.04. The number of hydrogen-bond donors (Lipinski definition) is 1. The molecule has 2 N–H and O–H groups in total. The highest BCUT2D eigenvalue weighted by molar-refractivity contribution is 5.29. The van der Waals surface area contributed by atoms with Gasteiger partial charge in [-0.05, 0) is 56.7 Å². The van der Waals surface area contributed by atoms with Crippen molar-refractivity contribution in [2.75, 3.05) is 13.2 Å². The monoisotopic (exact) mass is 264 g/mol. The van der Waals surface area contributed by atoms with Gasteiger partial charge in [0.1, 0.15) is 5.75 Å². The van der Waals surface area contributed by atoms with Crippen LogP contribution in [0.5, 0.6) is 5.75 Å². The zero-order chi connectivity index (χ0) is 14.3. The Morgan fingerprint density at radius 3 is 2.63 bits per heavy atom. The SMILES string of the molecule is CCc1nc(C)ccc1OCCCCC(C)(C)CN. The van der Waals surface area contributed by atoms with E-state index in [1.165, 1.54) is 0 Å². The van der Waals surface area contributed by atoms with Crippen molar-refractivity contribution in [2.45, 2.75) is 53.4 Å². The fraction of sp³-hybridized carbons (Fsp3) is 0.688. The van der Waals surface area contributed by atoms with Crippen molar-refractivity contribution in [1.82, 2.24) is 4.98 Å². The molecule has 3 heteroatoms. The molecule has 0 amide bonds. The molecule has 0 saturated heterocycles. The molecule has 0 atom stereocenters. The van der Waals surface area contributed by atoms with Gasteiger partial charge in [-0.25, -0.2) is 0 Å². The smallest absolute Gasteiger partial charge is 0.140 e. The van der Waals surface area contributed by atoms with Crippen LogP contribution in [0, 0.1) is 12.3 Å². The molecule has 1 rings (SSSR count). The van der Waals surface area contributed by atoms with Crippen LogP contribution in [-0.2, 0) is 6.42 Å². The van der Waals surface area contributed by atoms with Gasteiger partial charge in [0, 0.05) is 5.69 Å². The molecule has 0 spiro atoms. The predicted octanol–water partition coefficient (Wildman–Crippen LogP) is 3.49. The van der Waals surface area contributed by atoms with Gasteiger partial charge < -0.3 is 10.5 Å². The van der Waals surface area contributed by atoms with E-state index >= 15 is 0 Å². The van der Waals surface area contributed by atoms with E-state index in [1.807, 2.05) is 19.1 Å². The molecule has 1 aromatic heterocycles. The predicted molar refractivity (Wildman–Crippen MR) is 80.5 cm³/mol. The fourth-order valence-corrected chi connectivity index (χ4v) is 1.97. The molecule has 0 aliphatic carbocycles. The van der Waals surface area contributed by atoms with Crippen molar-refractivity contribution < 1.29 is 4.74 Å². The van der Waals surface area contributed by atoms with Gasteiger partial charge in [0.05, 0.1) is 12.3 Å². The molecule has 0 bridgehead atoms. The van der Waals surface area contributed by atoms with E-state index < -0.39 is 0 Å². The molecule has 0 radical (unpaired) electrons. The highest BCUT2D eigenvalue weighted by atomic mass is 16.5. The van der Waals surface area contributed by atoms with Gasteiger partial charge in [-0.3, -0.25) is 4.98 Å². The second kappa shape index (κ2) is 7.49. The quantitative estimate of drug-likeness (QED) is 0.731. The van der Waals surface area contributed by atoms with Gasteiger partial charge in [0.25, 0.3) is 0 Å². The van der Waals surface area contributed by atoms with Gasteiger partial charge in [-0.1, -0.05) is 20.8 Å². The Balaban J connectivity index is 2.34. The Bertz CT molecular complexity index is 388. The first-order valence-corrected chi connectivity index (χ1v) is 7.28. The minimum atomic E-state index is 0.250. The van der Waals surface area contributed by atoms with Crippen molar-refractivity contribution in [1.29, 1.82) is 0 Å². The minimum Gasteiger partial charge on any atom is -0.492 e. The van der Waals surface area contributed by atoms with Crippen LogP contribution < -0.4 is 10.5 Å². The van der Waals surface area contributed by atoms with Crippen molar-refractivity contribution in [3.63, 3.8) is 0 Å². The number of aryl methyl sites for hydroxylation is 2. The second-order valence-electron chi connectivity index (χ2n) is 5.92. The number of nitrogens with zero attached hydrogens (tertiary/aromatic N) is 1. The van der Waals surface area contributed by atoms with Crippen LogP contribution in [0.15, 0.2) is 12.1 Å². The summed E-state index contributed by atoms with van der Waals surface area (Å²) >= 11 is 0. The molecule has 0 aromatic carbocycles. The van der Waals surface area contributed by atoms with Crippen LogP contribution in [0.4, 0.5) is 0 Å². The van der Waals surface area contributed by atoms with Crippen LogP contribution in [-0.4, -0.2) is 18.1 Å². The van der Waals surface area contributed by atoms with Crippen LogP contribution in [0.1, 0.15) is 51.4 Å². The average molecular weight is 264 g/mol. The number of hydrogen-bond acceptors (Lipinski definition) is 3. The lowest BCUT2D eigenvalue weighted by Crippen LogP contribution is -2.23. The molecule has 19 heavy (non-hydrogen) atoms. The third-order valence-corrected chi connectivity index (χ3v) is 3.46. The number of pyridine rings is 1. The maximum atomic E-state index is 5.84. The summed E-state index contributed by atoms with van der Waals surface area (Å²) in [5.41, 5.74) is 8.08. The van der Waals surface area contributed by atoms with Crippen LogP contribution in [0.2, 0.25) is 0 Å². The van der Waals surface area contributed by atoms with Gasteiger partial charge >= 0.3 is 0 Å². The van der Waals surface area contributed by atoms with E-state index in [9.17, 15) is 0 Å². The fourth-order valence-electron chi connectivity index (χ4n) is 1.97. The van der Waals surface area contributed by atoms with Crippen LogP contribution in [0.25, 0.3) is 0 Å². The summed E-state index contributed by atoms with van der Waals surface area (Å²) in [6.45, 7) is 10.1. The number of aromatic nitrogens is 1. The van der Waals surface area contributed by atoms with Crippen molar-refractivity contribution >= 4 is 0 Å². The highest BCUT2D eigenvalue weighted by Crippen LogP contribution is 2.22. The lowest BCUT2D eigenvalue weighted by molar-refractivity contribution is 0.276. The molecule has 0 aliphatic rings. The Morgan fingerprint density at radius 1 is 1.26 bits per heavy atom.